The van der Waals surface area contributed by atoms with Crippen LogP contribution in [-0.2, 0) is 6.42 Å². The normalized spacial score (nSPS) is 14.3. The molecule has 1 saturated heterocycles. The Labute approximate surface area is 199 Å². The van der Waals surface area contributed by atoms with Gasteiger partial charge in [0.15, 0.2) is 0 Å². The molecule has 0 radical (unpaired) electrons. The van der Waals surface area contributed by atoms with Gasteiger partial charge in [-0.05, 0) is 61.9 Å². The second-order valence-corrected chi connectivity index (χ2v) is 9.17. The van der Waals surface area contributed by atoms with Crippen LogP contribution >= 0.6 is 0 Å². The lowest BCUT2D eigenvalue weighted by Crippen LogP contribution is -2.39. The molecule has 1 aromatic heterocycles. The van der Waals surface area contributed by atoms with Crippen LogP contribution in [0.3, 0.4) is 0 Å². The van der Waals surface area contributed by atoms with E-state index >= 15 is 0 Å². The molecule has 1 aliphatic heterocycles. The van der Waals surface area contributed by atoms with Crippen LogP contribution in [0.2, 0.25) is 0 Å². The van der Waals surface area contributed by atoms with Crippen LogP contribution < -0.4 is 5.32 Å². The summed E-state index contributed by atoms with van der Waals surface area (Å²) in [5.41, 5.74) is 4.84. The maximum absolute atomic E-state index is 13.6. The molecule has 2 amide bonds. The molecule has 1 aliphatic rings. The molecule has 3 aromatic carbocycles. The van der Waals surface area contributed by atoms with Crippen molar-refractivity contribution in [1.29, 1.82) is 0 Å². The van der Waals surface area contributed by atoms with Gasteiger partial charge in [0.25, 0.3) is 11.8 Å². The van der Waals surface area contributed by atoms with Crippen molar-refractivity contribution in [2.45, 2.75) is 26.2 Å². The number of rotatable bonds is 5. The average molecular weight is 452 g/mol. The Bertz CT molecular complexity index is 1300. The first-order valence-corrected chi connectivity index (χ1v) is 11.9. The van der Waals surface area contributed by atoms with Crippen molar-refractivity contribution in [2.75, 3.05) is 18.4 Å². The molecule has 2 N–H and O–H groups in total. The number of anilines is 1. The van der Waals surface area contributed by atoms with Crippen LogP contribution in [0.25, 0.3) is 10.9 Å². The van der Waals surface area contributed by atoms with E-state index in [1.54, 1.807) is 12.1 Å². The highest BCUT2D eigenvalue weighted by molar-refractivity contribution is 6.15. The third-order valence-corrected chi connectivity index (χ3v) is 6.71. The first-order chi connectivity index (χ1) is 16.6. The lowest BCUT2D eigenvalue weighted by Gasteiger charge is -2.32. The molecule has 5 nitrogen and oxygen atoms in total. The molecule has 0 saturated carbocycles. The fraction of sp³-hybridized carbons (Fsp3) is 0.241. The Kier molecular flexibility index (Phi) is 6.17. The third kappa shape index (κ3) is 4.60. The quantitative estimate of drug-likeness (QED) is 0.401. The summed E-state index contributed by atoms with van der Waals surface area (Å²) < 4.78 is 0. The van der Waals surface area contributed by atoms with E-state index in [-0.39, 0.29) is 11.8 Å². The molecule has 1 fully saturated rings. The van der Waals surface area contributed by atoms with Gasteiger partial charge >= 0.3 is 0 Å². The lowest BCUT2D eigenvalue weighted by molar-refractivity contribution is 0.0686. The summed E-state index contributed by atoms with van der Waals surface area (Å²) in [6.07, 6.45) is 3.00. The van der Waals surface area contributed by atoms with E-state index < -0.39 is 0 Å². The van der Waals surface area contributed by atoms with Crippen LogP contribution in [0, 0.1) is 12.8 Å². The Morgan fingerprint density at radius 2 is 1.62 bits per heavy atom. The van der Waals surface area contributed by atoms with Crippen molar-refractivity contribution in [3.63, 3.8) is 0 Å². The number of carbonyl (C=O) groups is 2. The maximum Gasteiger partial charge on any atom is 0.272 e. The Hall–Kier alpha value is -3.86. The minimum Gasteiger partial charge on any atom is -0.349 e. The fourth-order valence-electron chi connectivity index (χ4n) is 4.82. The number of nitrogens with zero attached hydrogens (tertiary/aromatic N) is 1. The number of aryl methyl sites for hydroxylation is 1. The number of aromatic nitrogens is 1. The van der Waals surface area contributed by atoms with E-state index in [0.717, 1.165) is 48.8 Å². The van der Waals surface area contributed by atoms with E-state index in [2.05, 4.69) is 34.6 Å². The number of H-pyrrole nitrogens is 1. The number of fused-ring (bicyclic) bond motifs is 1. The van der Waals surface area contributed by atoms with Crippen molar-refractivity contribution < 1.29 is 9.59 Å². The van der Waals surface area contributed by atoms with Crippen LogP contribution in [-0.4, -0.2) is 34.8 Å². The van der Waals surface area contributed by atoms with E-state index in [9.17, 15) is 9.59 Å². The number of carbonyl (C=O) groups excluding carboxylic acids is 2. The van der Waals surface area contributed by atoms with Crippen LogP contribution in [0.4, 0.5) is 5.69 Å². The molecule has 0 spiro atoms. The molecule has 0 atom stereocenters. The summed E-state index contributed by atoms with van der Waals surface area (Å²) in [6, 6.07) is 25.6. The highest BCUT2D eigenvalue weighted by Crippen LogP contribution is 2.31. The number of hydrogen-bond acceptors (Lipinski definition) is 2. The standard InChI is InChI=1S/C29H29N3O2/c1-20-12-13-25-24(18-20)26(31-28(33)23-10-6-3-7-11-23)27(30-25)29(34)32-16-14-22(15-17-32)19-21-8-4-2-5-9-21/h2-13,18,22,30H,14-17,19H2,1H3,(H,31,33). The monoisotopic (exact) mass is 451 g/mol. The summed E-state index contributed by atoms with van der Waals surface area (Å²) in [5, 5.41) is 3.87. The first-order valence-electron chi connectivity index (χ1n) is 11.9. The van der Waals surface area contributed by atoms with Crippen LogP contribution in [0.1, 0.15) is 44.8 Å². The van der Waals surface area contributed by atoms with Gasteiger partial charge in [-0.25, -0.2) is 0 Å². The Morgan fingerprint density at radius 1 is 0.941 bits per heavy atom. The second-order valence-electron chi connectivity index (χ2n) is 9.17. The molecule has 0 aliphatic carbocycles. The van der Waals surface area contributed by atoms with Crippen LogP contribution in [0.15, 0.2) is 78.9 Å². The summed E-state index contributed by atoms with van der Waals surface area (Å²) in [7, 11) is 0. The number of hydrogen-bond donors (Lipinski definition) is 2. The van der Waals surface area contributed by atoms with Crippen molar-refractivity contribution in [1.82, 2.24) is 9.88 Å². The molecule has 34 heavy (non-hydrogen) atoms. The van der Waals surface area contributed by atoms with Gasteiger partial charge < -0.3 is 15.2 Å². The molecule has 5 rings (SSSR count). The summed E-state index contributed by atoms with van der Waals surface area (Å²) >= 11 is 0. The van der Waals surface area contributed by atoms with Crippen molar-refractivity contribution in [3.05, 3.63) is 101 Å². The van der Waals surface area contributed by atoms with E-state index in [1.165, 1.54) is 5.56 Å². The number of aromatic amines is 1. The van der Waals surface area contributed by atoms with Crippen molar-refractivity contribution in [3.8, 4) is 0 Å². The number of likely N-dealkylation sites (tertiary alicyclic amines) is 1. The molecule has 0 unspecified atom stereocenters. The Balaban J connectivity index is 1.37. The lowest BCUT2D eigenvalue weighted by atomic mass is 9.90. The second kappa shape index (κ2) is 9.56. The molecule has 0 bridgehead atoms. The van der Waals surface area contributed by atoms with E-state index in [0.29, 0.717) is 22.9 Å². The highest BCUT2D eigenvalue weighted by Gasteiger charge is 2.28. The van der Waals surface area contributed by atoms with Gasteiger partial charge in [-0.15, -0.1) is 0 Å². The number of benzene rings is 3. The van der Waals surface area contributed by atoms with Crippen molar-refractivity contribution in [2.24, 2.45) is 5.92 Å². The van der Waals surface area contributed by atoms with Crippen molar-refractivity contribution >= 4 is 28.4 Å². The van der Waals surface area contributed by atoms with Gasteiger partial charge in [0, 0.05) is 29.6 Å². The number of amides is 2. The first kappa shape index (κ1) is 22.0. The zero-order valence-electron chi connectivity index (χ0n) is 19.4. The summed E-state index contributed by atoms with van der Waals surface area (Å²) in [4.78, 5) is 31.8. The summed E-state index contributed by atoms with van der Waals surface area (Å²) in [5.74, 6) is 0.295. The van der Waals surface area contributed by atoms with Gasteiger partial charge in [0.05, 0.1) is 5.69 Å². The number of nitrogens with one attached hydrogen (secondary N) is 2. The maximum atomic E-state index is 13.6. The topological polar surface area (TPSA) is 65.2 Å². The predicted octanol–water partition coefficient (Wildman–Crippen LogP) is 5.82. The zero-order chi connectivity index (χ0) is 23.5. The van der Waals surface area contributed by atoms with Gasteiger partial charge in [-0.1, -0.05) is 60.2 Å². The van der Waals surface area contributed by atoms with Gasteiger partial charge in [0.2, 0.25) is 0 Å². The van der Waals surface area contributed by atoms with E-state index in [1.807, 2.05) is 54.3 Å². The summed E-state index contributed by atoms with van der Waals surface area (Å²) in [6.45, 7) is 3.45. The van der Waals surface area contributed by atoms with Gasteiger partial charge in [-0.2, -0.15) is 0 Å². The molecule has 2 heterocycles. The molecule has 172 valence electrons. The minimum absolute atomic E-state index is 0.0598. The predicted molar refractivity (Wildman–Crippen MR) is 136 cm³/mol. The molecular formula is C29H29N3O2. The zero-order valence-corrected chi connectivity index (χ0v) is 19.4. The van der Waals surface area contributed by atoms with Crippen LogP contribution in [0.5, 0.6) is 0 Å². The largest absolute Gasteiger partial charge is 0.349 e. The smallest absolute Gasteiger partial charge is 0.272 e. The van der Waals surface area contributed by atoms with Gasteiger partial charge in [-0.3, -0.25) is 9.59 Å². The third-order valence-electron chi connectivity index (χ3n) is 6.71. The molecule has 5 heteroatoms. The average Bonchev–Trinajstić information content (AvgIpc) is 3.22. The number of piperidine rings is 1. The highest BCUT2D eigenvalue weighted by atomic mass is 16.2. The minimum atomic E-state index is -0.223. The molecule has 4 aromatic rings. The molecular weight excluding hydrogens is 422 g/mol. The fourth-order valence-corrected chi connectivity index (χ4v) is 4.82. The Morgan fingerprint density at radius 3 is 2.32 bits per heavy atom. The van der Waals surface area contributed by atoms with E-state index in [4.69, 9.17) is 0 Å². The van der Waals surface area contributed by atoms with Gasteiger partial charge in [0.1, 0.15) is 5.69 Å². The SMILES string of the molecule is Cc1ccc2[nH]c(C(=O)N3CCC(Cc4ccccc4)CC3)c(NC(=O)c3ccccc3)c2c1.